The van der Waals surface area contributed by atoms with Gasteiger partial charge in [0.25, 0.3) is 5.91 Å². The Labute approximate surface area is 486 Å². The zero-order valence-corrected chi connectivity index (χ0v) is 46.5. The number of carbonyl (C=O) groups is 5. The number of amides is 5. The largest absolute Gasteiger partial charge is 0.465 e. The Balaban J connectivity index is 1.09. The summed E-state index contributed by atoms with van der Waals surface area (Å²) in [5, 5.41) is 52.5. The van der Waals surface area contributed by atoms with Crippen LogP contribution in [0.25, 0.3) is 0 Å². The first-order chi connectivity index (χ1) is 40.7. The summed E-state index contributed by atoms with van der Waals surface area (Å²) < 4.78 is 53.8. The van der Waals surface area contributed by atoms with E-state index in [4.69, 9.17) is 42.6 Å². The molecule has 23 nitrogen and oxygen atoms in total. The number of aliphatic hydroxyl groups excluding tert-OH is 2. The lowest BCUT2D eigenvalue weighted by atomic mass is 9.82. The number of nitrogens with one attached hydrogen (secondary N) is 6. The normalized spacial score (nSPS) is 25.0. The van der Waals surface area contributed by atoms with Gasteiger partial charge in [0.1, 0.15) is 62.2 Å². The molecule has 1 saturated carbocycles. The van der Waals surface area contributed by atoms with Crippen LogP contribution >= 0.6 is 0 Å². The Bertz CT molecular complexity index is 2900. The van der Waals surface area contributed by atoms with E-state index in [-0.39, 0.29) is 64.8 Å². The van der Waals surface area contributed by atoms with Gasteiger partial charge in [-0.05, 0) is 60.7 Å². The monoisotopic (exact) mass is 1160 g/mol. The molecule has 2 fully saturated rings. The Morgan fingerprint density at radius 1 is 0.560 bits per heavy atom. The lowest BCUT2D eigenvalue weighted by molar-refractivity contribution is -0.304. The molecule has 5 aromatic carbocycles. The molecule has 2 heterocycles. The summed E-state index contributed by atoms with van der Waals surface area (Å²) in [6.07, 6.45) is -13.2. The van der Waals surface area contributed by atoms with E-state index in [0.717, 1.165) is 11.1 Å². The number of hydrogen-bond donors (Lipinski definition) is 9. The van der Waals surface area contributed by atoms with Gasteiger partial charge in [-0.2, -0.15) is 0 Å². The van der Waals surface area contributed by atoms with E-state index in [0.29, 0.717) is 16.7 Å². The highest BCUT2D eigenvalue weighted by Crippen LogP contribution is 2.33. The Morgan fingerprint density at radius 2 is 0.988 bits per heavy atom. The van der Waals surface area contributed by atoms with Crippen molar-refractivity contribution >= 4 is 30.3 Å². The van der Waals surface area contributed by atoms with E-state index >= 15 is 0 Å². The fourth-order valence-electron chi connectivity index (χ4n) is 9.72. The number of likely N-dealkylation sites (N-methyl/N-ethyl adjacent to an activating group) is 1. The van der Waals surface area contributed by atoms with E-state index in [2.05, 4.69) is 31.9 Å². The van der Waals surface area contributed by atoms with Crippen molar-refractivity contribution in [3.8, 4) is 0 Å². The summed E-state index contributed by atoms with van der Waals surface area (Å²) in [5.41, 5.74) is 1.96. The molecular weight excluding hydrogens is 1090 g/mol. The van der Waals surface area contributed by atoms with Gasteiger partial charge in [0.15, 0.2) is 12.4 Å². The van der Waals surface area contributed by atoms with Crippen molar-refractivity contribution in [2.75, 3.05) is 26.7 Å². The van der Waals surface area contributed by atoms with Crippen LogP contribution in [0.5, 0.6) is 0 Å². The van der Waals surface area contributed by atoms with E-state index in [1.165, 1.54) is 14.0 Å². The fourth-order valence-corrected chi connectivity index (χ4v) is 9.72. The van der Waals surface area contributed by atoms with Gasteiger partial charge < -0.3 is 89.9 Å². The minimum Gasteiger partial charge on any atom is -0.465 e. The smallest absolute Gasteiger partial charge is 0.407 e. The third-order valence-corrected chi connectivity index (χ3v) is 14.1. The maximum absolute atomic E-state index is 14.8. The first kappa shape index (κ1) is 61.9. The van der Waals surface area contributed by atoms with Gasteiger partial charge in [-0.25, -0.2) is 19.2 Å². The summed E-state index contributed by atoms with van der Waals surface area (Å²) in [7, 11) is 1.53. The molecule has 2 aliphatic heterocycles. The molecule has 0 bridgehead atoms. The van der Waals surface area contributed by atoms with Crippen molar-refractivity contribution in [2.45, 2.75) is 126 Å². The minimum absolute atomic E-state index is 0.0121. The average molecular weight is 1160 g/mol. The minimum atomic E-state index is -1.89. The highest BCUT2D eigenvalue weighted by atomic mass is 16.7. The van der Waals surface area contributed by atoms with E-state index in [1.807, 2.05) is 36.4 Å². The summed E-state index contributed by atoms with van der Waals surface area (Å²) in [4.78, 5) is 68.4. The maximum Gasteiger partial charge on any atom is 0.407 e. The van der Waals surface area contributed by atoms with Gasteiger partial charge in [-0.3, -0.25) is 4.79 Å². The first-order valence-electron chi connectivity index (χ1n) is 27.5. The molecule has 0 unspecified atom stereocenters. The maximum atomic E-state index is 14.8. The van der Waals surface area contributed by atoms with Crippen molar-refractivity contribution in [1.82, 2.24) is 31.9 Å². The summed E-state index contributed by atoms with van der Waals surface area (Å²) in [6, 6.07) is 40.2. The van der Waals surface area contributed by atoms with Gasteiger partial charge in [0.2, 0.25) is 6.29 Å². The first-order valence-corrected chi connectivity index (χ1v) is 27.5. The number of alkyl carbamates (subject to hydrolysis) is 4. The molecule has 12 atom stereocenters. The van der Waals surface area contributed by atoms with Crippen LogP contribution in [0.1, 0.15) is 47.6 Å². The quantitative estimate of drug-likeness (QED) is 0.0378. The molecule has 1 aliphatic carbocycles. The van der Waals surface area contributed by atoms with Crippen molar-refractivity contribution in [3.05, 3.63) is 191 Å². The van der Waals surface area contributed by atoms with Gasteiger partial charge in [-0.1, -0.05) is 152 Å². The molecule has 3 aliphatic rings. The standard InChI is InChI=1S/C61H72N6O17/c1-61(75)38-81-56(50(69)53(61)62-2)84-51-46(65-54(70)48(76-33-39-18-8-3-9-19-39)32-64-58(72)78-35-41-22-12-5-13-23-41)30-47(67-60(74)80-37-43-26-16-7-17-27-43)52(49(51)68)83-55-45(66-59(73)79-36-42-24-14-6-15-25-42)29-28-44(82-55)31-63-57(71)77-34-40-20-10-4-11-21-40/h3-28,45-53,55-56,62,68-69,75H,29-38H2,1-2H3,(H,63,71)(H,64,72)(H,65,70)(H,66,73)(H,67,74)/t45-,46-,47+,48+,49-,50-,51+,52-,53-,55-,56-,61+/m1/s1. The highest BCUT2D eigenvalue weighted by Gasteiger charge is 2.53. The summed E-state index contributed by atoms with van der Waals surface area (Å²) >= 11 is 0. The molecule has 0 spiro atoms. The lowest BCUT2D eigenvalue weighted by Gasteiger charge is -2.49. The predicted octanol–water partition coefficient (Wildman–Crippen LogP) is 4.72. The van der Waals surface area contributed by atoms with Gasteiger partial charge in [-0.15, -0.1) is 0 Å². The molecule has 0 aromatic heterocycles. The van der Waals surface area contributed by atoms with Crippen molar-refractivity contribution in [2.24, 2.45) is 0 Å². The van der Waals surface area contributed by atoms with Crippen LogP contribution in [0, 0.1) is 0 Å². The second kappa shape index (κ2) is 31.0. The van der Waals surface area contributed by atoms with Crippen LogP contribution < -0.4 is 31.9 Å². The van der Waals surface area contributed by atoms with E-state index < -0.39 is 110 Å². The third kappa shape index (κ3) is 18.4. The molecule has 448 valence electrons. The topological polar surface area (TPSA) is 301 Å². The molecule has 23 heteroatoms. The van der Waals surface area contributed by atoms with Crippen LogP contribution in [0.15, 0.2) is 163 Å². The zero-order chi connectivity index (χ0) is 59.3. The van der Waals surface area contributed by atoms with E-state index in [9.17, 15) is 39.3 Å². The summed E-state index contributed by atoms with van der Waals surface area (Å²) in [6.45, 7) is 0.118. The fraction of sp³-hybridized carbons (Fsp3) is 0.393. The van der Waals surface area contributed by atoms with Crippen molar-refractivity contribution < 1.29 is 81.9 Å². The van der Waals surface area contributed by atoms with Gasteiger partial charge in [0.05, 0.1) is 50.5 Å². The number of aliphatic hydroxyl groups is 3. The molecule has 1 saturated heterocycles. The number of benzene rings is 5. The Hall–Kier alpha value is -8.13. The second-order valence-corrected chi connectivity index (χ2v) is 20.5. The van der Waals surface area contributed by atoms with Crippen LogP contribution in [0.2, 0.25) is 0 Å². The van der Waals surface area contributed by atoms with Crippen LogP contribution in [0.3, 0.4) is 0 Å². The average Bonchev–Trinajstić information content (AvgIpc) is 3.29. The molecule has 5 aromatic rings. The number of ether oxygens (including phenoxy) is 9. The molecule has 9 N–H and O–H groups in total. The second-order valence-electron chi connectivity index (χ2n) is 20.5. The van der Waals surface area contributed by atoms with Crippen LogP contribution in [-0.2, 0) is 80.5 Å². The third-order valence-electron chi connectivity index (χ3n) is 14.1. The number of rotatable bonds is 24. The predicted molar refractivity (Wildman–Crippen MR) is 300 cm³/mol. The number of carbonyl (C=O) groups excluding carboxylic acids is 5. The van der Waals surface area contributed by atoms with E-state index in [1.54, 1.807) is 121 Å². The number of hydrogen-bond acceptors (Lipinski definition) is 18. The van der Waals surface area contributed by atoms with Gasteiger partial charge in [0, 0.05) is 0 Å². The Morgan fingerprint density at radius 3 is 1.48 bits per heavy atom. The molecule has 0 radical (unpaired) electrons. The molecule has 84 heavy (non-hydrogen) atoms. The van der Waals surface area contributed by atoms with Crippen LogP contribution in [0.4, 0.5) is 19.2 Å². The molecule has 5 amide bonds. The Kier molecular flexibility index (Phi) is 22.8. The highest BCUT2D eigenvalue weighted by molar-refractivity contribution is 5.82. The van der Waals surface area contributed by atoms with Crippen molar-refractivity contribution in [1.29, 1.82) is 0 Å². The van der Waals surface area contributed by atoms with Crippen LogP contribution in [-0.4, -0.2) is 145 Å². The molecule has 8 rings (SSSR count). The molecular formula is C61H72N6O17. The van der Waals surface area contributed by atoms with Crippen molar-refractivity contribution in [3.63, 3.8) is 0 Å². The zero-order valence-electron chi connectivity index (χ0n) is 46.5. The SMILES string of the molecule is CN[C@@H]1[C@@H](O)[C@@H](O[C@@H]2[C@@H](O)[C@H](O[C@H]3OC(CNC(=O)OCc4ccccc4)=CC[C@H]3NC(=O)OCc3ccccc3)[C@@H](NC(=O)OCc3ccccc3)C[C@H]2NC(=O)[C@H](CNC(=O)OCc2ccccc2)OCc2ccccc2)OC[C@]1(C)O. The van der Waals surface area contributed by atoms with Gasteiger partial charge >= 0.3 is 24.4 Å². The summed E-state index contributed by atoms with van der Waals surface area (Å²) in [5.74, 6) is -0.630. The lowest BCUT2D eigenvalue weighted by Crippen LogP contribution is -2.70.